The third-order valence-corrected chi connectivity index (χ3v) is 1.53. The van der Waals surface area contributed by atoms with Crippen molar-refractivity contribution in [2.75, 3.05) is 0 Å². The van der Waals surface area contributed by atoms with Crippen molar-refractivity contribution in [1.82, 2.24) is 0 Å². The number of alkyl halides is 3. The largest absolute Gasteiger partial charge is 0.512 e. The van der Waals surface area contributed by atoms with Crippen LogP contribution in [0.2, 0.25) is 0 Å². The minimum atomic E-state index is -4.33. The van der Waals surface area contributed by atoms with Crippen molar-refractivity contribution in [1.29, 1.82) is 0 Å². The Labute approximate surface area is 61.8 Å². The zero-order valence-corrected chi connectivity index (χ0v) is 5.60. The van der Waals surface area contributed by atoms with Crippen LogP contribution in [-0.2, 0) is 0 Å². The summed E-state index contributed by atoms with van der Waals surface area (Å²) in [6.07, 6.45) is -0.617. The van der Waals surface area contributed by atoms with Gasteiger partial charge in [0.2, 0.25) is 0 Å². The maximum atomic E-state index is 12.0. The third-order valence-electron chi connectivity index (χ3n) is 1.53. The van der Waals surface area contributed by atoms with Gasteiger partial charge in [-0.3, -0.25) is 0 Å². The first-order valence-electron chi connectivity index (χ1n) is 3.14. The molecule has 4 heteroatoms. The van der Waals surface area contributed by atoms with Gasteiger partial charge in [-0.05, 0) is 12.5 Å². The molecule has 0 aliphatic heterocycles. The van der Waals surface area contributed by atoms with E-state index < -0.39 is 17.9 Å². The summed E-state index contributed by atoms with van der Waals surface area (Å²) in [5.74, 6) is -2.30. The van der Waals surface area contributed by atoms with Crippen LogP contribution in [-0.4, -0.2) is 11.3 Å². The second-order valence-electron chi connectivity index (χ2n) is 2.35. The van der Waals surface area contributed by atoms with Gasteiger partial charge in [-0.25, -0.2) is 0 Å². The molecule has 1 unspecified atom stereocenters. The Balaban J connectivity index is 2.76. The van der Waals surface area contributed by atoms with Crippen molar-refractivity contribution >= 4 is 0 Å². The maximum Gasteiger partial charge on any atom is 0.399 e. The number of hydrogen-bond acceptors (Lipinski definition) is 1. The summed E-state index contributed by atoms with van der Waals surface area (Å²) < 4.78 is 35.9. The number of aliphatic hydroxyl groups is 1. The highest BCUT2D eigenvalue weighted by atomic mass is 19.4. The van der Waals surface area contributed by atoms with Crippen molar-refractivity contribution in [3.63, 3.8) is 0 Å². The highest BCUT2D eigenvalue weighted by Crippen LogP contribution is 2.35. The summed E-state index contributed by atoms with van der Waals surface area (Å²) in [6.45, 7) is 0. The fourth-order valence-electron chi connectivity index (χ4n) is 0.919. The van der Waals surface area contributed by atoms with Gasteiger partial charge in [0.05, 0.1) is 0 Å². The molecule has 0 bridgehead atoms. The van der Waals surface area contributed by atoms with Crippen molar-refractivity contribution in [2.24, 2.45) is 5.92 Å². The van der Waals surface area contributed by atoms with Gasteiger partial charge in [0.15, 0.2) is 0 Å². The lowest BCUT2D eigenvalue weighted by atomic mass is 9.98. The number of hydrogen-bond donors (Lipinski definition) is 1. The van der Waals surface area contributed by atoms with Crippen LogP contribution in [0.4, 0.5) is 13.2 Å². The number of halogens is 3. The molecular weight excluding hydrogens is 157 g/mol. The molecule has 0 aromatic rings. The van der Waals surface area contributed by atoms with Crippen LogP contribution < -0.4 is 0 Å². The predicted octanol–water partition coefficient (Wildman–Crippen LogP) is 2.57. The fraction of sp³-hybridized carbons (Fsp3) is 0.429. The Kier molecular flexibility index (Phi) is 1.93. The molecule has 0 aromatic carbocycles. The van der Waals surface area contributed by atoms with E-state index in [9.17, 15) is 13.2 Å². The molecule has 1 aliphatic rings. The lowest BCUT2D eigenvalue weighted by Gasteiger charge is -2.19. The van der Waals surface area contributed by atoms with Gasteiger partial charge in [0.25, 0.3) is 0 Å². The summed E-state index contributed by atoms with van der Waals surface area (Å²) in [4.78, 5) is 0. The second-order valence-corrected chi connectivity index (χ2v) is 2.35. The van der Waals surface area contributed by atoms with Crippen molar-refractivity contribution in [3.05, 3.63) is 24.0 Å². The Bertz CT molecular complexity index is 202. The van der Waals surface area contributed by atoms with Crippen LogP contribution in [0.5, 0.6) is 0 Å². The first-order valence-corrected chi connectivity index (χ1v) is 3.14. The molecule has 0 aromatic heterocycles. The molecule has 1 atom stereocenters. The van der Waals surface area contributed by atoms with Crippen molar-refractivity contribution < 1.29 is 18.3 Å². The molecule has 0 saturated heterocycles. The molecule has 0 amide bonds. The number of aliphatic hydroxyl groups excluding tert-OH is 1. The smallest absolute Gasteiger partial charge is 0.399 e. The van der Waals surface area contributed by atoms with Crippen LogP contribution in [0, 0.1) is 5.92 Å². The molecular formula is C7H7F3O. The molecule has 0 heterocycles. The van der Waals surface area contributed by atoms with Gasteiger partial charge in [-0.15, -0.1) is 0 Å². The minimum absolute atomic E-state index is 0.161. The van der Waals surface area contributed by atoms with E-state index in [-0.39, 0.29) is 6.42 Å². The Morgan fingerprint density at radius 3 is 2.45 bits per heavy atom. The quantitative estimate of drug-likeness (QED) is 0.583. The van der Waals surface area contributed by atoms with Gasteiger partial charge >= 0.3 is 6.18 Å². The molecule has 1 aliphatic carbocycles. The fourth-order valence-corrected chi connectivity index (χ4v) is 0.919. The van der Waals surface area contributed by atoms with E-state index in [0.717, 1.165) is 6.08 Å². The lowest BCUT2D eigenvalue weighted by Crippen LogP contribution is -2.25. The standard InChI is InChI=1S/C7H7F3O/c8-7(9,10)5-3-1-2-4-6(5)11/h1-2,4-5,11H,3H2. The number of rotatable bonds is 0. The van der Waals surface area contributed by atoms with Crippen LogP contribution in [0.25, 0.3) is 0 Å². The molecule has 62 valence electrons. The van der Waals surface area contributed by atoms with Crippen molar-refractivity contribution in [2.45, 2.75) is 12.6 Å². The van der Waals surface area contributed by atoms with Crippen LogP contribution in [0.3, 0.4) is 0 Å². The Morgan fingerprint density at radius 1 is 1.45 bits per heavy atom. The Morgan fingerprint density at radius 2 is 2.09 bits per heavy atom. The monoisotopic (exact) mass is 164 g/mol. The SMILES string of the molecule is OC1=CC=CCC1C(F)(F)F. The first-order chi connectivity index (χ1) is 5.02. The third kappa shape index (κ3) is 1.76. The highest BCUT2D eigenvalue weighted by Gasteiger charge is 2.41. The van der Waals surface area contributed by atoms with E-state index in [0.29, 0.717) is 0 Å². The molecule has 0 fully saturated rings. The number of allylic oxidation sites excluding steroid dienone is 4. The Hall–Kier alpha value is -0.930. The first kappa shape index (κ1) is 8.17. The highest BCUT2D eigenvalue weighted by molar-refractivity contribution is 5.16. The zero-order chi connectivity index (χ0) is 8.48. The molecule has 0 radical (unpaired) electrons. The molecule has 1 nitrogen and oxygen atoms in total. The summed E-state index contributed by atoms with van der Waals surface area (Å²) in [7, 11) is 0. The summed E-state index contributed by atoms with van der Waals surface area (Å²) in [5, 5.41) is 8.79. The summed E-state index contributed by atoms with van der Waals surface area (Å²) >= 11 is 0. The van der Waals surface area contributed by atoms with E-state index in [1.807, 2.05) is 0 Å². The van der Waals surface area contributed by atoms with Crippen LogP contribution in [0.15, 0.2) is 24.0 Å². The molecule has 1 N–H and O–H groups in total. The maximum absolute atomic E-state index is 12.0. The van der Waals surface area contributed by atoms with E-state index in [4.69, 9.17) is 5.11 Å². The zero-order valence-electron chi connectivity index (χ0n) is 5.60. The van der Waals surface area contributed by atoms with E-state index in [2.05, 4.69) is 0 Å². The average Bonchev–Trinajstić information content (AvgIpc) is 1.86. The van der Waals surface area contributed by atoms with Gasteiger partial charge in [0, 0.05) is 0 Å². The van der Waals surface area contributed by atoms with Gasteiger partial charge in [-0.2, -0.15) is 13.2 Å². The normalized spacial score (nSPS) is 25.0. The summed E-state index contributed by atoms with van der Waals surface area (Å²) in [5.41, 5.74) is 0. The molecule has 1 rings (SSSR count). The topological polar surface area (TPSA) is 20.2 Å². The van der Waals surface area contributed by atoms with E-state index in [1.54, 1.807) is 0 Å². The summed E-state index contributed by atoms with van der Waals surface area (Å²) in [6, 6.07) is 0. The van der Waals surface area contributed by atoms with Gasteiger partial charge in [0.1, 0.15) is 11.7 Å². The van der Waals surface area contributed by atoms with E-state index in [1.165, 1.54) is 12.2 Å². The lowest BCUT2D eigenvalue weighted by molar-refractivity contribution is -0.170. The second kappa shape index (κ2) is 2.60. The minimum Gasteiger partial charge on any atom is -0.512 e. The molecule has 0 spiro atoms. The van der Waals surface area contributed by atoms with Crippen molar-refractivity contribution in [3.8, 4) is 0 Å². The predicted molar refractivity (Wildman–Crippen MR) is 34.0 cm³/mol. The average molecular weight is 164 g/mol. The molecule has 0 saturated carbocycles. The van der Waals surface area contributed by atoms with Crippen LogP contribution >= 0.6 is 0 Å². The van der Waals surface area contributed by atoms with Gasteiger partial charge < -0.3 is 5.11 Å². The van der Waals surface area contributed by atoms with Crippen LogP contribution in [0.1, 0.15) is 6.42 Å². The van der Waals surface area contributed by atoms with E-state index >= 15 is 0 Å². The van der Waals surface area contributed by atoms with Gasteiger partial charge in [-0.1, -0.05) is 12.2 Å². The molecule has 11 heavy (non-hydrogen) atoms.